The third kappa shape index (κ3) is 3.20. The van der Waals surface area contributed by atoms with Crippen LogP contribution in [0, 0.1) is 0 Å². The predicted octanol–water partition coefficient (Wildman–Crippen LogP) is 10.7. The van der Waals surface area contributed by atoms with E-state index in [9.17, 15) is 0 Å². The van der Waals surface area contributed by atoms with E-state index in [4.69, 9.17) is 14.4 Å². The summed E-state index contributed by atoms with van der Waals surface area (Å²) in [5, 5.41) is 8.25. The summed E-state index contributed by atoms with van der Waals surface area (Å²) in [7, 11) is 0. The fraction of sp³-hybridized carbons (Fsp3) is 0. The molecule has 6 aromatic carbocycles. The molecule has 0 spiro atoms. The Morgan fingerprint density at radius 2 is 1.40 bits per heavy atom. The van der Waals surface area contributed by atoms with Crippen LogP contribution in [-0.2, 0) is 0 Å². The van der Waals surface area contributed by atoms with Gasteiger partial charge in [-0.2, -0.15) is 0 Å². The van der Waals surface area contributed by atoms with Crippen molar-refractivity contribution >= 4 is 86.3 Å². The van der Waals surface area contributed by atoms with Crippen molar-refractivity contribution in [2.24, 2.45) is 0 Å². The number of aromatic nitrogens is 3. The molecular formula is C38H21N3OS. The van der Waals surface area contributed by atoms with E-state index in [-0.39, 0.29) is 0 Å². The fourth-order valence-corrected chi connectivity index (χ4v) is 7.78. The molecule has 0 atom stereocenters. The Morgan fingerprint density at radius 3 is 2.30 bits per heavy atom. The van der Waals surface area contributed by atoms with Crippen molar-refractivity contribution in [3.05, 3.63) is 128 Å². The zero-order valence-electron chi connectivity index (χ0n) is 22.8. The summed E-state index contributed by atoms with van der Waals surface area (Å²) in [6.07, 6.45) is 1.91. The molecule has 4 nitrogen and oxygen atoms in total. The normalized spacial score (nSPS) is 12.2. The Kier molecular flexibility index (Phi) is 4.57. The largest absolute Gasteiger partial charge is 0.455 e. The highest BCUT2D eigenvalue weighted by Gasteiger charge is 2.19. The second-order valence-corrected chi connectivity index (χ2v) is 12.0. The van der Waals surface area contributed by atoms with Gasteiger partial charge < -0.3 is 8.98 Å². The van der Waals surface area contributed by atoms with Crippen molar-refractivity contribution in [3.8, 4) is 16.9 Å². The summed E-state index contributed by atoms with van der Waals surface area (Å²) < 4.78 is 9.99. The van der Waals surface area contributed by atoms with E-state index in [1.807, 2.05) is 18.3 Å². The maximum absolute atomic E-state index is 6.45. The molecule has 0 unspecified atom stereocenters. The van der Waals surface area contributed by atoms with Crippen LogP contribution in [0.5, 0.6) is 0 Å². The summed E-state index contributed by atoms with van der Waals surface area (Å²) in [6, 6.07) is 42.7. The van der Waals surface area contributed by atoms with E-state index < -0.39 is 0 Å². The zero-order chi connectivity index (χ0) is 28.1. The van der Waals surface area contributed by atoms with Crippen molar-refractivity contribution in [3.63, 3.8) is 0 Å². The van der Waals surface area contributed by atoms with Crippen LogP contribution in [0.1, 0.15) is 0 Å². The lowest BCUT2D eigenvalue weighted by Crippen LogP contribution is -1.94. The molecule has 0 saturated carbocycles. The molecule has 10 aromatic rings. The molecule has 0 aliphatic rings. The second-order valence-electron chi connectivity index (χ2n) is 11.0. The highest BCUT2D eigenvalue weighted by molar-refractivity contribution is 7.25. The molecular weight excluding hydrogens is 547 g/mol. The summed E-state index contributed by atoms with van der Waals surface area (Å²) in [5.74, 6) is 0. The van der Waals surface area contributed by atoms with E-state index in [1.165, 1.54) is 26.2 Å². The second kappa shape index (κ2) is 8.51. The molecule has 200 valence electrons. The topological polar surface area (TPSA) is 43.9 Å². The smallest absolute Gasteiger partial charge is 0.145 e. The van der Waals surface area contributed by atoms with Crippen LogP contribution in [-0.4, -0.2) is 14.5 Å². The molecule has 4 heterocycles. The van der Waals surface area contributed by atoms with Crippen LogP contribution in [0.3, 0.4) is 0 Å². The third-order valence-corrected chi connectivity index (χ3v) is 9.71. The molecule has 0 aliphatic heterocycles. The van der Waals surface area contributed by atoms with Gasteiger partial charge in [-0.1, -0.05) is 78.9 Å². The minimum atomic E-state index is 0.876. The first-order valence-electron chi connectivity index (χ1n) is 14.3. The molecule has 4 aromatic heterocycles. The van der Waals surface area contributed by atoms with Gasteiger partial charge in [0.15, 0.2) is 0 Å². The molecule has 0 bridgehead atoms. The van der Waals surface area contributed by atoms with Crippen LogP contribution >= 0.6 is 11.3 Å². The average molecular weight is 568 g/mol. The molecule has 10 rings (SSSR count). The van der Waals surface area contributed by atoms with Crippen LogP contribution in [0.2, 0.25) is 0 Å². The number of para-hydroxylation sites is 2. The third-order valence-electron chi connectivity index (χ3n) is 8.68. The Morgan fingerprint density at radius 1 is 0.605 bits per heavy atom. The molecule has 0 radical (unpaired) electrons. The highest BCUT2D eigenvalue weighted by Crippen LogP contribution is 2.41. The number of nitrogens with zero attached hydrogens (tertiary/aromatic N) is 3. The van der Waals surface area contributed by atoms with E-state index in [1.54, 1.807) is 11.3 Å². The first-order chi connectivity index (χ1) is 21.3. The molecule has 0 fully saturated rings. The molecule has 0 saturated heterocycles. The number of hydrogen-bond donors (Lipinski definition) is 0. The minimum Gasteiger partial charge on any atom is -0.455 e. The summed E-state index contributed by atoms with van der Waals surface area (Å²) in [4.78, 5) is 11.0. The average Bonchev–Trinajstić information content (AvgIpc) is 3.74. The SMILES string of the molecule is c1ccc2c(c1)ccc1sc3nc(-c4ccc(-n5c6ccccc6c6c7oc8ccccc8c7ccc65)cc4)cnc3c12. The number of benzene rings is 6. The molecule has 0 amide bonds. The van der Waals surface area contributed by atoms with E-state index >= 15 is 0 Å². The van der Waals surface area contributed by atoms with Crippen molar-refractivity contribution in [2.75, 3.05) is 0 Å². The van der Waals surface area contributed by atoms with E-state index in [0.717, 1.165) is 65.6 Å². The van der Waals surface area contributed by atoms with Crippen molar-refractivity contribution in [2.45, 2.75) is 0 Å². The van der Waals surface area contributed by atoms with Crippen LogP contribution in [0.15, 0.2) is 132 Å². The maximum atomic E-state index is 6.45. The van der Waals surface area contributed by atoms with Gasteiger partial charge >= 0.3 is 0 Å². The van der Waals surface area contributed by atoms with Gasteiger partial charge in [0.1, 0.15) is 21.5 Å². The van der Waals surface area contributed by atoms with Gasteiger partial charge in [-0.3, -0.25) is 4.98 Å². The highest BCUT2D eigenvalue weighted by atomic mass is 32.1. The van der Waals surface area contributed by atoms with E-state index in [2.05, 4.69) is 114 Å². The monoisotopic (exact) mass is 567 g/mol. The number of furan rings is 1. The minimum absolute atomic E-state index is 0.876. The van der Waals surface area contributed by atoms with Gasteiger partial charge in [0.2, 0.25) is 0 Å². The maximum Gasteiger partial charge on any atom is 0.145 e. The lowest BCUT2D eigenvalue weighted by molar-refractivity contribution is 0.673. The Hall–Kier alpha value is -5.52. The Balaban J connectivity index is 1.13. The zero-order valence-corrected chi connectivity index (χ0v) is 23.6. The first kappa shape index (κ1) is 23.1. The van der Waals surface area contributed by atoms with Gasteiger partial charge in [-0.05, 0) is 53.2 Å². The lowest BCUT2D eigenvalue weighted by atomic mass is 10.1. The number of fused-ring (bicyclic) bond motifs is 12. The van der Waals surface area contributed by atoms with Crippen molar-refractivity contribution in [1.29, 1.82) is 0 Å². The van der Waals surface area contributed by atoms with Gasteiger partial charge in [-0.25, -0.2) is 4.98 Å². The van der Waals surface area contributed by atoms with Crippen LogP contribution in [0.4, 0.5) is 0 Å². The molecule has 0 N–H and O–H groups in total. The summed E-state index contributed by atoms with van der Waals surface area (Å²) >= 11 is 1.70. The summed E-state index contributed by atoms with van der Waals surface area (Å²) in [5.41, 5.74) is 8.10. The van der Waals surface area contributed by atoms with Gasteiger partial charge in [-0.15, -0.1) is 11.3 Å². The standard InChI is InChI=1S/C38H21N3OS/c1-2-8-25-22(7-1)15-20-33-35(25)36-38(43-33)40-29(21-39-36)23-13-16-24(17-14-23)41-30-11-5-3-10-28(30)34-31(41)19-18-27-26-9-4-6-12-32(26)42-37(27)34/h1-21H. The molecule has 0 aliphatic carbocycles. The quantitative estimate of drug-likeness (QED) is 0.209. The van der Waals surface area contributed by atoms with Gasteiger partial charge in [0.05, 0.1) is 28.3 Å². The van der Waals surface area contributed by atoms with Crippen LogP contribution in [0.25, 0.3) is 91.9 Å². The predicted molar refractivity (Wildman–Crippen MR) is 179 cm³/mol. The Bertz CT molecular complexity index is 2730. The van der Waals surface area contributed by atoms with Crippen molar-refractivity contribution < 1.29 is 4.42 Å². The lowest BCUT2D eigenvalue weighted by Gasteiger charge is -2.09. The van der Waals surface area contributed by atoms with Crippen LogP contribution < -0.4 is 0 Å². The van der Waals surface area contributed by atoms with Gasteiger partial charge in [0.25, 0.3) is 0 Å². The van der Waals surface area contributed by atoms with E-state index in [0.29, 0.717) is 0 Å². The molecule has 5 heteroatoms. The number of thiophene rings is 1. The number of hydrogen-bond acceptors (Lipinski definition) is 4. The van der Waals surface area contributed by atoms with Gasteiger partial charge in [0, 0.05) is 37.5 Å². The Labute approximate surface area is 249 Å². The fourth-order valence-electron chi connectivity index (χ4n) is 6.73. The number of rotatable bonds is 2. The van der Waals surface area contributed by atoms with Crippen molar-refractivity contribution in [1.82, 2.24) is 14.5 Å². The molecule has 43 heavy (non-hydrogen) atoms. The first-order valence-corrected chi connectivity index (χ1v) is 15.1. The summed E-state index contributed by atoms with van der Waals surface area (Å²) in [6.45, 7) is 0.